The fourth-order valence-electron chi connectivity index (χ4n) is 3.23. The summed E-state index contributed by atoms with van der Waals surface area (Å²) in [6, 6.07) is 9.17. The third-order valence-corrected chi connectivity index (χ3v) is 5.02. The second kappa shape index (κ2) is 10.1. The molecule has 0 radical (unpaired) electrons. The number of nitrogens with one attached hydrogen (secondary N) is 1. The zero-order valence-electron chi connectivity index (χ0n) is 20.6. The Kier molecular flexibility index (Phi) is 8.16. The standard InChI is InChI=1S/C25H37ClN4O2/c1-17(2)15-29(23(32)14-24(3,4)5)16-22(31)27-21-13-20(25(6,7)8)28-30(21)19-11-9-18(26)10-12-19/h9-13,17H,14-16H2,1-8H3,(H,27,31). The van der Waals surface area contributed by atoms with Gasteiger partial charge in [-0.05, 0) is 35.6 Å². The van der Waals surface area contributed by atoms with Gasteiger partial charge in [-0.2, -0.15) is 5.10 Å². The van der Waals surface area contributed by atoms with Crippen LogP contribution in [0.5, 0.6) is 0 Å². The van der Waals surface area contributed by atoms with Gasteiger partial charge in [-0.15, -0.1) is 0 Å². The van der Waals surface area contributed by atoms with Crippen LogP contribution in [0.15, 0.2) is 30.3 Å². The van der Waals surface area contributed by atoms with E-state index in [0.717, 1.165) is 11.4 Å². The lowest BCUT2D eigenvalue weighted by atomic mass is 9.91. The Labute approximate surface area is 197 Å². The fraction of sp³-hybridized carbons (Fsp3) is 0.560. The van der Waals surface area contributed by atoms with Gasteiger partial charge < -0.3 is 10.2 Å². The monoisotopic (exact) mass is 460 g/mol. The van der Waals surface area contributed by atoms with Gasteiger partial charge >= 0.3 is 0 Å². The molecule has 7 heteroatoms. The Bertz CT molecular complexity index is 934. The summed E-state index contributed by atoms with van der Waals surface area (Å²) in [5.41, 5.74) is 1.31. The Hall–Kier alpha value is -2.34. The van der Waals surface area contributed by atoms with Crippen LogP contribution in [-0.4, -0.2) is 39.6 Å². The highest BCUT2D eigenvalue weighted by atomic mass is 35.5. The first-order chi connectivity index (χ1) is 14.7. The van der Waals surface area contributed by atoms with Crippen molar-refractivity contribution in [2.45, 2.75) is 67.2 Å². The van der Waals surface area contributed by atoms with Crippen LogP contribution >= 0.6 is 11.6 Å². The number of rotatable bonds is 7. The van der Waals surface area contributed by atoms with E-state index in [0.29, 0.717) is 23.8 Å². The average Bonchev–Trinajstić information content (AvgIpc) is 3.04. The van der Waals surface area contributed by atoms with Crippen LogP contribution in [0.3, 0.4) is 0 Å². The van der Waals surface area contributed by atoms with Gasteiger partial charge in [-0.25, -0.2) is 4.68 Å². The van der Waals surface area contributed by atoms with Gasteiger partial charge in [0.2, 0.25) is 11.8 Å². The van der Waals surface area contributed by atoms with Gasteiger partial charge in [-0.1, -0.05) is 67.0 Å². The lowest BCUT2D eigenvalue weighted by Crippen LogP contribution is -2.41. The molecule has 6 nitrogen and oxygen atoms in total. The van der Waals surface area contributed by atoms with Crippen molar-refractivity contribution in [2.24, 2.45) is 11.3 Å². The minimum atomic E-state index is -0.247. The van der Waals surface area contributed by atoms with E-state index >= 15 is 0 Å². The first-order valence-electron chi connectivity index (χ1n) is 11.1. The molecule has 2 aromatic rings. The highest BCUT2D eigenvalue weighted by Crippen LogP contribution is 2.27. The summed E-state index contributed by atoms with van der Waals surface area (Å²) in [7, 11) is 0. The number of carbonyl (C=O) groups excluding carboxylic acids is 2. The maximum absolute atomic E-state index is 13.0. The largest absolute Gasteiger partial charge is 0.333 e. The van der Waals surface area contributed by atoms with Crippen LogP contribution in [0, 0.1) is 11.3 Å². The van der Waals surface area contributed by atoms with E-state index in [2.05, 4.69) is 26.1 Å². The van der Waals surface area contributed by atoms with Crippen LogP contribution < -0.4 is 5.32 Å². The molecule has 0 unspecified atom stereocenters. The van der Waals surface area contributed by atoms with Gasteiger partial charge in [0.1, 0.15) is 5.82 Å². The van der Waals surface area contributed by atoms with Gasteiger partial charge in [0, 0.05) is 29.5 Å². The molecular formula is C25H37ClN4O2. The Balaban J connectivity index is 2.29. The molecule has 2 amide bonds. The van der Waals surface area contributed by atoms with Gasteiger partial charge in [0.25, 0.3) is 0 Å². The summed E-state index contributed by atoms with van der Waals surface area (Å²) in [6.45, 7) is 16.9. The molecule has 176 valence electrons. The van der Waals surface area contributed by atoms with Crippen molar-refractivity contribution in [3.05, 3.63) is 41.0 Å². The molecule has 1 N–H and O–H groups in total. The molecule has 0 fully saturated rings. The lowest BCUT2D eigenvalue weighted by molar-refractivity contribution is -0.136. The van der Waals surface area contributed by atoms with Crippen molar-refractivity contribution in [1.82, 2.24) is 14.7 Å². The van der Waals surface area contributed by atoms with Gasteiger partial charge in [0.05, 0.1) is 17.9 Å². The Morgan fingerprint density at radius 1 is 1.09 bits per heavy atom. The zero-order chi connectivity index (χ0) is 24.3. The lowest BCUT2D eigenvalue weighted by Gasteiger charge is -2.27. The molecule has 0 atom stereocenters. The van der Waals surface area contributed by atoms with Crippen molar-refractivity contribution in [2.75, 3.05) is 18.4 Å². The van der Waals surface area contributed by atoms with Crippen LogP contribution in [0.2, 0.25) is 5.02 Å². The second-order valence-electron chi connectivity index (χ2n) is 11.0. The zero-order valence-corrected chi connectivity index (χ0v) is 21.4. The maximum Gasteiger partial charge on any atom is 0.245 e. The summed E-state index contributed by atoms with van der Waals surface area (Å²) < 4.78 is 1.71. The number of carbonyl (C=O) groups is 2. The number of hydrogen-bond acceptors (Lipinski definition) is 3. The first kappa shape index (κ1) is 25.9. The number of hydrogen-bond donors (Lipinski definition) is 1. The van der Waals surface area contributed by atoms with Crippen molar-refractivity contribution >= 4 is 29.2 Å². The number of halogens is 1. The number of amides is 2. The summed E-state index contributed by atoms with van der Waals surface area (Å²) in [4.78, 5) is 27.5. The molecule has 1 heterocycles. The maximum atomic E-state index is 13.0. The van der Waals surface area contributed by atoms with Crippen LogP contribution in [0.25, 0.3) is 5.69 Å². The predicted molar refractivity (Wildman–Crippen MR) is 131 cm³/mol. The second-order valence-corrected chi connectivity index (χ2v) is 11.4. The summed E-state index contributed by atoms with van der Waals surface area (Å²) >= 11 is 6.04. The van der Waals surface area contributed by atoms with Crippen LogP contribution in [0.4, 0.5) is 5.82 Å². The molecule has 0 bridgehead atoms. The molecule has 0 saturated heterocycles. The summed E-state index contributed by atoms with van der Waals surface area (Å²) in [5, 5.41) is 8.32. The predicted octanol–water partition coefficient (Wildman–Crippen LogP) is 5.68. The van der Waals surface area contributed by atoms with Crippen molar-refractivity contribution in [3.63, 3.8) is 0 Å². The average molecular weight is 461 g/mol. The van der Waals surface area contributed by atoms with E-state index < -0.39 is 0 Å². The molecule has 2 rings (SSSR count). The number of benzene rings is 1. The van der Waals surface area contributed by atoms with Crippen LogP contribution in [0.1, 0.15) is 67.5 Å². The topological polar surface area (TPSA) is 67.2 Å². The first-order valence-corrected chi connectivity index (χ1v) is 11.5. The highest BCUT2D eigenvalue weighted by Gasteiger charge is 2.25. The molecule has 32 heavy (non-hydrogen) atoms. The molecule has 1 aromatic heterocycles. The molecule has 0 aliphatic heterocycles. The fourth-order valence-corrected chi connectivity index (χ4v) is 3.36. The van der Waals surface area contributed by atoms with E-state index in [1.54, 1.807) is 21.7 Å². The molecule has 0 aliphatic rings. The molecular weight excluding hydrogens is 424 g/mol. The quantitative estimate of drug-likeness (QED) is 0.577. The normalized spacial score (nSPS) is 12.2. The third kappa shape index (κ3) is 7.66. The Morgan fingerprint density at radius 3 is 2.19 bits per heavy atom. The van der Waals surface area contributed by atoms with Gasteiger partial charge in [-0.3, -0.25) is 9.59 Å². The van der Waals surface area contributed by atoms with Gasteiger partial charge in [0.15, 0.2) is 0 Å². The van der Waals surface area contributed by atoms with E-state index in [4.69, 9.17) is 16.7 Å². The SMILES string of the molecule is CC(C)CN(CC(=O)Nc1cc(C(C)(C)C)nn1-c1ccc(Cl)cc1)C(=O)CC(C)(C)C. The molecule has 0 spiro atoms. The molecule has 1 aromatic carbocycles. The third-order valence-electron chi connectivity index (χ3n) is 4.77. The highest BCUT2D eigenvalue weighted by molar-refractivity contribution is 6.30. The van der Waals surface area contributed by atoms with Crippen molar-refractivity contribution in [1.29, 1.82) is 0 Å². The minimum absolute atomic E-state index is 0.00371. The molecule has 0 saturated carbocycles. The minimum Gasteiger partial charge on any atom is -0.333 e. The summed E-state index contributed by atoms with van der Waals surface area (Å²) in [5.74, 6) is 0.570. The molecule has 0 aliphatic carbocycles. The van der Waals surface area contributed by atoms with E-state index in [1.165, 1.54) is 0 Å². The van der Waals surface area contributed by atoms with Crippen molar-refractivity contribution in [3.8, 4) is 5.69 Å². The smallest absolute Gasteiger partial charge is 0.245 e. The van der Waals surface area contributed by atoms with E-state index in [9.17, 15) is 9.59 Å². The van der Waals surface area contributed by atoms with Crippen LogP contribution in [-0.2, 0) is 15.0 Å². The summed E-state index contributed by atoms with van der Waals surface area (Å²) in [6.07, 6.45) is 0.393. The van der Waals surface area contributed by atoms with E-state index in [-0.39, 0.29) is 35.1 Å². The Morgan fingerprint density at radius 2 is 1.69 bits per heavy atom. The van der Waals surface area contributed by atoms with Crippen molar-refractivity contribution < 1.29 is 9.59 Å². The number of aromatic nitrogens is 2. The van der Waals surface area contributed by atoms with E-state index in [1.807, 2.05) is 52.8 Å². The number of nitrogens with zero attached hydrogens (tertiary/aromatic N) is 3. The number of anilines is 1.